The number of rotatable bonds is 10. The topological polar surface area (TPSA) is 58.1 Å². The van der Waals surface area contributed by atoms with E-state index in [1.54, 1.807) is 12.0 Å². The first-order chi connectivity index (χ1) is 14.3. The SMILES string of the molecule is CCNC(=NCCN1CCc2sccc2C1)Nc1cccc(OCCCOC)c1.I. The summed E-state index contributed by atoms with van der Waals surface area (Å²) in [6.45, 7) is 8.15. The van der Waals surface area contributed by atoms with Crippen molar-refractivity contribution in [3.05, 3.63) is 46.2 Å². The molecular weight excluding hydrogens is 511 g/mol. The summed E-state index contributed by atoms with van der Waals surface area (Å²) >= 11 is 1.88. The number of aliphatic imine (C=N–C) groups is 1. The van der Waals surface area contributed by atoms with Crippen molar-refractivity contribution < 1.29 is 9.47 Å². The lowest BCUT2D eigenvalue weighted by Crippen LogP contribution is -2.34. The van der Waals surface area contributed by atoms with Gasteiger partial charge in [0.1, 0.15) is 5.75 Å². The van der Waals surface area contributed by atoms with Crippen LogP contribution in [0.2, 0.25) is 0 Å². The van der Waals surface area contributed by atoms with Crippen LogP contribution < -0.4 is 15.4 Å². The maximum atomic E-state index is 5.79. The second kappa shape index (κ2) is 13.8. The molecule has 0 saturated carbocycles. The quantitative estimate of drug-likeness (QED) is 0.203. The molecule has 1 aromatic carbocycles. The highest BCUT2D eigenvalue weighted by molar-refractivity contribution is 14.0. The van der Waals surface area contributed by atoms with Crippen molar-refractivity contribution >= 4 is 47.0 Å². The fourth-order valence-electron chi connectivity index (χ4n) is 3.30. The smallest absolute Gasteiger partial charge is 0.195 e. The predicted octanol–water partition coefficient (Wildman–Crippen LogP) is 4.22. The number of nitrogens with zero attached hydrogens (tertiary/aromatic N) is 2. The van der Waals surface area contributed by atoms with E-state index in [0.717, 1.165) is 63.0 Å². The van der Waals surface area contributed by atoms with Gasteiger partial charge < -0.3 is 20.1 Å². The number of nitrogens with one attached hydrogen (secondary N) is 2. The summed E-state index contributed by atoms with van der Waals surface area (Å²) in [5.74, 6) is 1.65. The minimum atomic E-state index is 0. The molecule has 2 aromatic rings. The molecule has 30 heavy (non-hydrogen) atoms. The standard InChI is InChI=1S/C22H32N4O2S.HI/c1-3-23-22(24-10-12-26-11-8-21-18(17-26)9-15-29-21)25-19-6-4-7-20(16-19)28-14-5-13-27-2;/h4,6-7,9,15-16H,3,5,8,10-14,17H2,1-2H3,(H2,23,24,25);1H. The zero-order chi connectivity index (χ0) is 20.3. The molecule has 1 aliphatic rings. The van der Waals surface area contributed by atoms with E-state index in [-0.39, 0.29) is 24.0 Å². The largest absolute Gasteiger partial charge is 0.493 e. The van der Waals surface area contributed by atoms with Gasteiger partial charge >= 0.3 is 0 Å². The van der Waals surface area contributed by atoms with Crippen molar-refractivity contribution in [2.24, 2.45) is 4.99 Å². The molecule has 0 unspecified atom stereocenters. The molecule has 0 aliphatic carbocycles. The van der Waals surface area contributed by atoms with E-state index in [1.807, 2.05) is 35.6 Å². The Morgan fingerprint density at radius 1 is 1.27 bits per heavy atom. The van der Waals surface area contributed by atoms with Crippen molar-refractivity contribution in [2.45, 2.75) is 26.3 Å². The third-order valence-corrected chi connectivity index (χ3v) is 5.80. The van der Waals surface area contributed by atoms with Crippen molar-refractivity contribution in [2.75, 3.05) is 51.8 Å². The average molecular weight is 545 g/mol. The van der Waals surface area contributed by atoms with E-state index in [0.29, 0.717) is 13.2 Å². The van der Waals surface area contributed by atoms with Crippen LogP contribution in [0, 0.1) is 0 Å². The third-order valence-electron chi connectivity index (χ3n) is 4.78. The zero-order valence-electron chi connectivity index (χ0n) is 17.9. The van der Waals surface area contributed by atoms with E-state index in [2.05, 4.69) is 33.9 Å². The monoisotopic (exact) mass is 544 g/mol. The number of halogens is 1. The Balaban J connectivity index is 0.00000320. The number of ether oxygens (including phenoxy) is 2. The molecule has 1 aliphatic heterocycles. The highest BCUT2D eigenvalue weighted by Gasteiger charge is 2.16. The number of hydrogen-bond donors (Lipinski definition) is 2. The van der Waals surface area contributed by atoms with E-state index in [9.17, 15) is 0 Å². The molecule has 8 heteroatoms. The van der Waals surface area contributed by atoms with Crippen LogP contribution in [0.3, 0.4) is 0 Å². The molecule has 3 rings (SSSR count). The summed E-state index contributed by atoms with van der Waals surface area (Å²) in [7, 11) is 1.71. The Hall–Kier alpha value is -1.36. The summed E-state index contributed by atoms with van der Waals surface area (Å²) in [5, 5.41) is 8.92. The minimum absolute atomic E-state index is 0. The average Bonchev–Trinajstić information content (AvgIpc) is 3.20. The number of anilines is 1. The lowest BCUT2D eigenvalue weighted by Gasteiger charge is -2.26. The molecule has 0 atom stereocenters. The zero-order valence-corrected chi connectivity index (χ0v) is 21.0. The van der Waals surface area contributed by atoms with Gasteiger partial charge in [0, 0.05) is 62.9 Å². The summed E-state index contributed by atoms with van der Waals surface area (Å²) in [6.07, 6.45) is 2.04. The molecule has 0 amide bonds. The fraction of sp³-hybridized carbons (Fsp3) is 0.500. The van der Waals surface area contributed by atoms with Gasteiger partial charge in [0.15, 0.2) is 5.96 Å². The molecule has 6 nitrogen and oxygen atoms in total. The molecule has 1 aromatic heterocycles. The molecule has 2 N–H and O–H groups in total. The van der Waals surface area contributed by atoms with Gasteiger partial charge in [-0.05, 0) is 42.5 Å². The van der Waals surface area contributed by atoms with Crippen LogP contribution in [0.15, 0.2) is 40.7 Å². The van der Waals surface area contributed by atoms with Gasteiger partial charge in [-0.1, -0.05) is 6.07 Å². The number of methoxy groups -OCH3 is 1. The fourth-order valence-corrected chi connectivity index (χ4v) is 4.19. The second-order valence-electron chi connectivity index (χ2n) is 7.00. The Morgan fingerprint density at radius 2 is 2.17 bits per heavy atom. The molecule has 0 saturated heterocycles. The van der Waals surface area contributed by atoms with Gasteiger partial charge in [-0.15, -0.1) is 35.3 Å². The number of hydrogen-bond acceptors (Lipinski definition) is 5. The van der Waals surface area contributed by atoms with Crippen LogP contribution in [-0.4, -0.2) is 57.4 Å². The lowest BCUT2D eigenvalue weighted by molar-refractivity contribution is 0.172. The maximum absolute atomic E-state index is 5.79. The lowest BCUT2D eigenvalue weighted by atomic mass is 10.1. The van der Waals surface area contributed by atoms with Gasteiger partial charge in [-0.3, -0.25) is 9.89 Å². The molecule has 0 radical (unpaired) electrons. The first-order valence-corrected chi connectivity index (χ1v) is 11.2. The van der Waals surface area contributed by atoms with Gasteiger partial charge in [0.25, 0.3) is 0 Å². The number of guanidine groups is 1. The van der Waals surface area contributed by atoms with Crippen molar-refractivity contribution in [1.29, 1.82) is 0 Å². The number of fused-ring (bicyclic) bond motifs is 1. The summed E-state index contributed by atoms with van der Waals surface area (Å²) < 4.78 is 10.8. The molecule has 166 valence electrons. The maximum Gasteiger partial charge on any atom is 0.195 e. The van der Waals surface area contributed by atoms with Gasteiger partial charge in [-0.2, -0.15) is 0 Å². The molecule has 0 bridgehead atoms. The van der Waals surface area contributed by atoms with Gasteiger partial charge in [0.2, 0.25) is 0 Å². The first-order valence-electron chi connectivity index (χ1n) is 10.3. The Bertz CT molecular complexity index is 784. The second-order valence-corrected chi connectivity index (χ2v) is 8.00. The number of benzene rings is 1. The molecular formula is C22H33IN4O2S. The first kappa shape index (κ1) is 24.9. The summed E-state index contributed by atoms with van der Waals surface area (Å²) in [6, 6.07) is 10.2. The van der Waals surface area contributed by atoms with Crippen molar-refractivity contribution in [3.63, 3.8) is 0 Å². The van der Waals surface area contributed by atoms with Crippen LogP contribution in [-0.2, 0) is 17.7 Å². The van der Waals surface area contributed by atoms with Crippen molar-refractivity contribution in [3.8, 4) is 5.75 Å². The van der Waals surface area contributed by atoms with Crippen LogP contribution in [0.5, 0.6) is 5.75 Å². The molecule has 0 spiro atoms. The van der Waals surface area contributed by atoms with Crippen LogP contribution in [0.4, 0.5) is 5.69 Å². The van der Waals surface area contributed by atoms with E-state index in [4.69, 9.17) is 14.5 Å². The van der Waals surface area contributed by atoms with Crippen LogP contribution >= 0.6 is 35.3 Å². The predicted molar refractivity (Wildman–Crippen MR) is 137 cm³/mol. The normalized spacial score (nSPS) is 14.0. The highest BCUT2D eigenvalue weighted by Crippen LogP contribution is 2.23. The summed E-state index contributed by atoms with van der Waals surface area (Å²) in [4.78, 5) is 8.79. The highest BCUT2D eigenvalue weighted by atomic mass is 127. The Kier molecular flexibility index (Phi) is 11.5. The summed E-state index contributed by atoms with van der Waals surface area (Å²) in [5.41, 5.74) is 2.45. The van der Waals surface area contributed by atoms with E-state index < -0.39 is 0 Å². The Labute approximate surface area is 201 Å². The third kappa shape index (κ3) is 8.05. The molecule has 0 fully saturated rings. The molecule has 2 heterocycles. The van der Waals surface area contributed by atoms with Crippen LogP contribution in [0.1, 0.15) is 23.8 Å². The van der Waals surface area contributed by atoms with Crippen LogP contribution in [0.25, 0.3) is 0 Å². The van der Waals surface area contributed by atoms with Crippen molar-refractivity contribution in [1.82, 2.24) is 10.2 Å². The minimum Gasteiger partial charge on any atom is -0.493 e. The number of thiophene rings is 1. The van der Waals surface area contributed by atoms with Gasteiger partial charge in [0.05, 0.1) is 13.2 Å². The van der Waals surface area contributed by atoms with Gasteiger partial charge in [-0.25, -0.2) is 0 Å². The van der Waals surface area contributed by atoms with E-state index >= 15 is 0 Å². The Morgan fingerprint density at radius 3 is 3.00 bits per heavy atom. The van der Waals surface area contributed by atoms with E-state index in [1.165, 1.54) is 5.56 Å².